The van der Waals surface area contributed by atoms with Gasteiger partial charge in [0.2, 0.25) is 5.91 Å². The average molecular weight is 126 g/mol. The van der Waals surface area contributed by atoms with Crippen molar-refractivity contribution in [2.75, 3.05) is 0 Å². The quantitative estimate of drug-likeness (QED) is 0.516. The highest BCUT2D eigenvalue weighted by molar-refractivity contribution is 5.74. The molecule has 0 fully saturated rings. The molecule has 0 heterocycles. The van der Waals surface area contributed by atoms with Crippen LogP contribution in [0.1, 0.15) is 6.92 Å². The van der Waals surface area contributed by atoms with Gasteiger partial charge in [-0.15, -0.1) is 0 Å². The van der Waals surface area contributed by atoms with Gasteiger partial charge in [0.1, 0.15) is 5.82 Å². The SMILES string of the molecule is C=C/C=C(\N)NC(C)=O. The highest BCUT2D eigenvalue weighted by atomic mass is 16.1. The van der Waals surface area contributed by atoms with Gasteiger partial charge in [-0.25, -0.2) is 0 Å². The Morgan fingerprint density at radius 2 is 2.33 bits per heavy atom. The van der Waals surface area contributed by atoms with E-state index < -0.39 is 0 Å². The van der Waals surface area contributed by atoms with Gasteiger partial charge in [-0.1, -0.05) is 12.7 Å². The predicted octanol–water partition coefficient (Wildman–Crippen LogP) is 0.109. The van der Waals surface area contributed by atoms with E-state index in [0.29, 0.717) is 5.82 Å². The van der Waals surface area contributed by atoms with Crippen molar-refractivity contribution in [3.8, 4) is 0 Å². The summed E-state index contributed by atoms with van der Waals surface area (Å²) in [5.74, 6) is 0.142. The summed E-state index contributed by atoms with van der Waals surface area (Å²) in [5, 5.41) is 2.37. The lowest BCUT2D eigenvalue weighted by Gasteiger charge is -1.97. The van der Waals surface area contributed by atoms with Gasteiger partial charge < -0.3 is 11.1 Å². The molecule has 0 rings (SSSR count). The molecule has 3 heteroatoms. The molecule has 0 aromatic rings. The van der Waals surface area contributed by atoms with Gasteiger partial charge in [0, 0.05) is 6.92 Å². The molecule has 0 aliphatic carbocycles. The summed E-state index contributed by atoms with van der Waals surface area (Å²) in [4.78, 5) is 10.3. The van der Waals surface area contributed by atoms with Crippen molar-refractivity contribution in [1.82, 2.24) is 5.32 Å². The Balaban J connectivity index is 3.75. The monoisotopic (exact) mass is 126 g/mol. The number of hydrogen-bond acceptors (Lipinski definition) is 2. The smallest absolute Gasteiger partial charge is 0.222 e. The molecule has 0 aliphatic heterocycles. The first-order valence-electron chi connectivity index (χ1n) is 2.52. The maximum Gasteiger partial charge on any atom is 0.222 e. The first-order valence-corrected chi connectivity index (χ1v) is 2.52. The fraction of sp³-hybridized carbons (Fsp3) is 0.167. The molecule has 3 N–H and O–H groups in total. The van der Waals surface area contributed by atoms with E-state index in [-0.39, 0.29) is 5.91 Å². The van der Waals surface area contributed by atoms with Crippen molar-refractivity contribution in [3.05, 3.63) is 24.6 Å². The molecule has 0 aliphatic rings. The van der Waals surface area contributed by atoms with Gasteiger partial charge in [-0.3, -0.25) is 4.79 Å². The number of amides is 1. The van der Waals surface area contributed by atoms with E-state index in [1.54, 1.807) is 0 Å². The van der Waals surface area contributed by atoms with Crippen LogP contribution in [-0.2, 0) is 4.79 Å². The lowest BCUT2D eigenvalue weighted by atomic mass is 10.5. The average Bonchev–Trinajstić information content (AvgIpc) is 1.63. The second-order valence-electron chi connectivity index (χ2n) is 1.54. The summed E-state index contributed by atoms with van der Waals surface area (Å²) in [6.07, 6.45) is 3.02. The summed E-state index contributed by atoms with van der Waals surface area (Å²) in [6, 6.07) is 0. The minimum absolute atomic E-state index is 0.175. The molecule has 9 heavy (non-hydrogen) atoms. The first-order chi connectivity index (χ1) is 4.16. The van der Waals surface area contributed by atoms with Gasteiger partial charge in [-0.2, -0.15) is 0 Å². The van der Waals surface area contributed by atoms with E-state index in [1.807, 2.05) is 0 Å². The Morgan fingerprint density at radius 3 is 2.67 bits per heavy atom. The third kappa shape index (κ3) is 4.61. The van der Waals surface area contributed by atoms with Crippen molar-refractivity contribution >= 4 is 5.91 Å². The Labute approximate surface area is 54.2 Å². The lowest BCUT2D eigenvalue weighted by molar-refractivity contribution is -0.118. The minimum Gasteiger partial charge on any atom is -0.385 e. The van der Waals surface area contributed by atoms with Crippen LogP contribution in [0, 0.1) is 0 Å². The molecule has 0 saturated heterocycles. The minimum atomic E-state index is -0.175. The summed E-state index contributed by atoms with van der Waals surface area (Å²) in [5.41, 5.74) is 5.24. The largest absolute Gasteiger partial charge is 0.385 e. The molecule has 1 amide bonds. The second-order valence-corrected chi connectivity index (χ2v) is 1.54. The molecule has 3 nitrogen and oxygen atoms in total. The fourth-order valence-electron chi connectivity index (χ4n) is 0.372. The zero-order valence-electron chi connectivity index (χ0n) is 5.35. The number of allylic oxidation sites excluding steroid dienone is 2. The molecule has 0 bridgehead atoms. The first kappa shape index (κ1) is 7.75. The van der Waals surface area contributed by atoms with Crippen molar-refractivity contribution < 1.29 is 4.79 Å². The Morgan fingerprint density at radius 1 is 1.78 bits per heavy atom. The van der Waals surface area contributed by atoms with Crippen molar-refractivity contribution in [2.45, 2.75) is 6.92 Å². The van der Waals surface area contributed by atoms with Crippen LogP contribution in [0.4, 0.5) is 0 Å². The standard InChI is InChI=1S/C6H10N2O/c1-3-4-6(7)8-5(2)9/h3-4H,1,7H2,2H3,(H,8,9)/b6-4+. The summed E-state index contributed by atoms with van der Waals surface area (Å²) in [7, 11) is 0. The maximum atomic E-state index is 10.3. The summed E-state index contributed by atoms with van der Waals surface area (Å²) in [6.45, 7) is 4.79. The Hall–Kier alpha value is -1.25. The van der Waals surface area contributed by atoms with Crippen molar-refractivity contribution in [2.24, 2.45) is 5.73 Å². The molecule has 0 aromatic heterocycles. The number of nitrogens with one attached hydrogen (secondary N) is 1. The van der Waals surface area contributed by atoms with Crippen LogP contribution in [0.5, 0.6) is 0 Å². The van der Waals surface area contributed by atoms with E-state index in [4.69, 9.17) is 5.73 Å². The van der Waals surface area contributed by atoms with E-state index in [1.165, 1.54) is 19.1 Å². The molecule has 0 unspecified atom stereocenters. The number of carbonyl (C=O) groups excluding carboxylic acids is 1. The Bertz CT molecular complexity index is 149. The van der Waals surface area contributed by atoms with Crippen LogP contribution in [0.15, 0.2) is 24.6 Å². The predicted molar refractivity (Wildman–Crippen MR) is 36.3 cm³/mol. The third-order valence-corrected chi connectivity index (χ3v) is 0.618. The molecule has 0 saturated carbocycles. The van der Waals surface area contributed by atoms with Crippen LogP contribution in [-0.4, -0.2) is 5.91 Å². The Kier molecular flexibility index (Phi) is 3.20. The maximum absolute atomic E-state index is 10.3. The van der Waals surface area contributed by atoms with Crippen LogP contribution >= 0.6 is 0 Å². The molecule has 0 spiro atoms. The summed E-state index contributed by atoms with van der Waals surface area (Å²) >= 11 is 0. The zero-order chi connectivity index (χ0) is 7.28. The van der Waals surface area contributed by atoms with Crippen LogP contribution in [0.25, 0.3) is 0 Å². The highest BCUT2D eigenvalue weighted by Gasteiger charge is 1.88. The van der Waals surface area contributed by atoms with Crippen LogP contribution < -0.4 is 11.1 Å². The van der Waals surface area contributed by atoms with Crippen molar-refractivity contribution in [3.63, 3.8) is 0 Å². The van der Waals surface area contributed by atoms with E-state index in [9.17, 15) is 4.79 Å². The van der Waals surface area contributed by atoms with Crippen LogP contribution in [0.3, 0.4) is 0 Å². The summed E-state index contributed by atoms with van der Waals surface area (Å²) < 4.78 is 0. The number of hydrogen-bond donors (Lipinski definition) is 2. The van der Waals surface area contributed by atoms with Gasteiger partial charge in [0.05, 0.1) is 0 Å². The molecule has 0 atom stereocenters. The van der Waals surface area contributed by atoms with Crippen molar-refractivity contribution in [1.29, 1.82) is 0 Å². The van der Waals surface area contributed by atoms with E-state index in [0.717, 1.165) is 0 Å². The molecule has 0 aromatic carbocycles. The third-order valence-electron chi connectivity index (χ3n) is 0.618. The van der Waals surface area contributed by atoms with E-state index >= 15 is 0 Å². The number of rotatable bonds is 2. The fourth-order valence-corrected chi connectivity index (χ4v) is 0.372. The lowest BCUT2D eigenvalue weighted by Crippen LogP contribution is -2.24. The molecular weight excluding hydrogens is 116 g/mol. The topological polar surface area (TPSA) is 55.1 Å². The number of nitrogens with two attached hydrogens (primary N) is 1. The van der Waals surface area contributed by atoms with Gasteiger partial charge >= 0.3 is 0 Å². The second kappa shape index (κ2) is 3.72. The van der Waals surface area contributed by atoms with Gasteiger partial charge in [0.25, 0.3) is 0 Å². The highest BCUT2D eigenvalue weighted by Crippen LogP contribution is 1.76. The van der Waals surface area contributed by atoms with Gasteiger partial charge in [0.15, 0.2) is 0 Å². The van der Waals surface area contributed by atoms with Crippen LogP contribution in [0.2, 0.25) is 0 Å². The van der Waals surface area contributed by atoms with Gasteiger partial charge in [-0.05, 0) is 6.08 Å². The van der Waals surface area contributed by atoms with E-state index in [2.05, 4.69) is 11.9 Å². The normalized spacial score (nSPS) is 10.6. The molecule has 0 radical (unpaired) electrons. The zero-order valence-corrected chi connectivity index (χ0v) is 5.35. The molecular formula is C6H10N2O. The molecule has 50 valence electrons. The number of carbonyl (C=O) groups is 1.